The normalized spacial score (nSPS) is 17.3. The summed E-state index contributed by atoms with van der Waals surface area (Å²) >= 11 is 1.62. The van der Waals surface area contributed by atoms with E-state index in [0.29, 0.717) is 13.0 Å². The summed E-state index contributed by atoms with van der Waals surface area (Å²) < 4.78 is 6.03. The van der Waals surface area contributed by atoms with E-state index in [4.69, 9.17) is 9.72 Å². The van der Waals surface area contributed by atoms with Crippen molar-refractivity contribution in [3.05, 3.63) is 65.2 Å². The van der Waals surface area contributed by atoms with Gasteiger partial charge >= 0.3 is 12.0 Å². The monoisotopic (exact) mass is 409 g/mol. The molecule has 2 aromatic carbocycles. The first-order valence-corrected chi connectivity index (χ1v) is 10.5. The van der Waals surface area contributed by atoms with Crippen molar-refractivity contribution in [2.75, 3.05) is 13.7 Å². The average Bonchev–Trinajstić information content (AvgIpc) is 3.40. The van der Waals surface area contributed by atoms with E-state index in [1.165, 1.54) is 7.11 Å². The highest BCUT2D eigenvalue weighted by atomic mass is 32.1. The molecule has 1 fully saturated rings. The Hall–Kier alpha value is -2.93. The number of ether oxygens (including phenoxy) is 1. The van der Waals surface area contributed by atoms with Gasteiger partial charge in [0, 0.05) is 13.0 Å². The molecule has 0 aliphatic carbocycles. The Morgan fingerprint density at radius 1 is 1.21 bits per heavy atom. The summed E-state index contributed by atoms with van der Waals surface area (Å²) in [5.74, 6) is -0.446. The zero-order valence-electron chi connectivity index (χ0n) is 16.2. The van der Waals surface area contributed by atoms with Gasteiger partial charge in [-0.1, -0.05) is 42.5 Å². The molecule has 0 bridgehead atoms. The summed E-state index contributed by atoms with van der Waals surface area (Å²) in [7, 11) is 1.34. The fourth-order valence-electron chi connectivity index (χ4n) is 3.72. The van der Waals surface area contributed by atoms with Gasteiger partial charge in [0.25, 0.3) is 0 Å². The Morgan fingerprint density at radius 3 is 2.72 bits per heavy atom. The van der Waals surface area contributed by atoms with Crippen LogP contribution in [0.3, 0.4) is 0 Å². The molecule has 1 unspecified atom stereocenters. The van der Waals surface area contributed by atoms with Gasteiger partial charge in [0.15, 0.2) is 0 Å². The number of esters is 1. The molecule has 1 aliphatic rings. The minimum atomic E-state index is -0.730. The lowest BCUT2D eigenvalue weighted by atomic mass is 10.1. The molecular weight excluding hydrogens is 386 g/mol. The van der Waals surface area contributed by atoms with E-state index < -0.39 is 12.0 Å². The molecule has 0 saturated carbocycles. The van der Waals surface area contributed by atoms with Gasteiger partial charge in [-0.25, -0.2) is 14.6 Å². The third kappa shape index (κ3) is 4.24. The van der Waals surface area contributed by atoms with Gasteiger partial charge in [-0.05, 0) is 30.5 Å². The third-order valence-corrected chi connectivity index (χ3v) is 6.31. The Labute approximate surface area is 173 Å². The summed E-state index contributed by atoms with van der Waals surface area (Å²) in [6, 6.07) is 16.6. The van der Waals surface area contributed by atoms with Crippen molar-refractivity contribution in [3.63, 3.8) is 0 Å². The van der Waals surface area contributed by atoms with Crippen LogP contribution in [0.1, 0.15) is 29.5 Å². The second kappa shape index (κ2) is 8.61. The molecule has 7 heteroatoms. The number of carbonyl (C=O) groups is 2. The number of nitrogens with zero attached hydrogens (tertiary/aromatic N) is 2. The van der Waals surface area contributed by atoms with Crippen LogP contribution in [0.5, 0.6) is 0 Å². The molecule has 2 heterocycles. The molecule has 0 radical (unpaired) electrons. The fraction of sp³-hybridized carbons (Fsp3) is 0.318. The largest absolute Gasteiger partial charge is 0.467 e. The number of rotatable bonds is 5. The van der Waals surface area contributed by atoms with Crippen molar-refractivity contribution in [1.29, 1.82) is 0 Å². The van der Waals surface area contributed by atoms with Crippen molar-refractivity contribution in [2.45, 2.75) is 31.3 Å². The Kier molecular flexibility index (Phi) is 5.76. The lowest BCUT2D eigenvalue weighted by Gasteiger charge is -2.26. The molecule has 2 amide bonds. The number of nitrogens with one attached hydrogen (secondary N) is 1. The molecule has 1 aliphatic heterocycles. The molecule has 150 valence electrons. The zero-order chi connectivity index (χ0) is 20.2. The average molecular weight is 410 g/mol. The van der Waals surface area contributed by atoms with Crippen LogP contribution in [-0.4, -0.2) is 41.6 Å². The molecule has 6 nitrogen and oxygen atoms in total. The number of fused-ring (bicyclic) bond motifs is 1. The van der Waals surface area contributed by atoms with E-state index in [1.54, 1.807) is 16.2 Å². The number of para-hydroxylation sites is 1. The first-order valence-electron chi connectivity index (χ1n) is 9.70. The lowest BCUT2D eigenvalue weighted by molar-refractivity contribution is -0.142. The van der Waals surface area contributed by atoms with Gasteiger partial charge in [0.05, 0.1) is 23.4 Å². The Bertz CT molecular complexity index is 972. The molecule has 0 spiro atoms. The van der Waals surface area contributed by atoms with Crippen molar-refractivity contribution >= 4 is 33.6 Å². The molecule has 3 aromatic rings. The van der Waals surface area contributed by atoms with Crippen LogP contribution in [0.4, 0.5) is 4.79 Å². The van der Waals surface area contributed by atoms with Gasteiger partial charge < -0.3 is 15.0 Å². The number of urea groups is 1. The number of carbonyl (C=O) groups excluding carboxylic acids is 2. The SMILES string of the molecule is COC(=O)[C@@H](Cc1ccccc1)NC(=O)N1CCCC1c1nc2ccccc2s1. The number of methoxy groups -OCH3 is 1. The number of hydrogen-bond donors (Lipinski definition) is 1. The predicted octanol–water partition coefficient (Wildman–Crippen LogP) is 3.93. The first kappa shape index (κ1) is 19.4. The van der Waals surface area contributed by atoms with Crippen LogP contribution < -0.4 is 5.32 Å². The maximum atomic E-state index is 13.0. The van der Waals surface area contributed by atoms with Crippen LogP contribution in [0, 0.1) is 0 Å². The van der Waals surface area contributed by atoms with Crippen molar-refractivity contribution < 1.29 is 14.3 Å². The predicted molar refractivity (Wildman–Crippen MR) is 113 cm³/mol. The van der Waals surface area contributed by atoms with Crippen molar-refractivity contribution in [3.8, 4) is 0 Å². The van der Waals surface area contributed by atoms with Gasteiger partial charge in [-0.3, -0.25) is 0 Å². The number of thiazole rings is 1. The molecule has 1 aromatic heterocycles. The van der Waals surface area contributed by atoms with E-state index in [2.05, 4.69) is 5.32 Å². The van der Waals surface area contributed by atoms with Crippen molar-refractivity contribution in [1.82, 2.24) is 15.2 Å². The lowest BCUT2D eigenvalue weighted by Crippen LogP contribution is -2.49. The molecule has 4 rings (SSSR count). The van der Waals surface area contributed by atoms with E-state index in [0.717, 1.165) is 33.6 Å². The number of benzene rings is 2. The summed E-state index contributed by atoms with van der Waals surface area (Å²) in [5.41, 5.74) is 1.92. The number of amides is 2. The van der Waals surface area contributed by atoms with Gasteiger partial charge in [0.2, 0.25) is 0 Å². The quantitative estimate of drug-likeness (QED) is 0.648. The maximum absolute atomic E-state index is 13.0. The highest BCUT2D eigenvalue weighted by molar-refractivity contribution is 7.18. The van der Waals surface area contributed by atoms with Crippen LogP contribution in [-0.2, 0) is 16.0 Å². The Morgan fingerprint density at radius 2 is 1.97 bits per heavy atom. The van der Waals surface area contributed by atoms with E-state index in [-0.39, 0.29) is 12.1 Å². The molecule has 1 N–H and O–H groups in total. The molecule has 2 atom stereocenters. The highest BCUT2D eigenvalue weighted by Gasteiger charge is 2.34. The molecule has 29 heavy (non-hydrogen) atoms. The van der Waals surface area contributed by atoms with Crippen molar-refractivity contribution in [2.24, 2.45) is 0 Å². The van der Waals surface area contributed by atoms with Gasteiger partial charge in [0.1, 0.15) is 11.0 Å². The highest BCUT2D eigenvalue weighted by Crippen LogP contribution is 2.36. The first-order chi connectivity index (χ1) is 14.2. The van der Waals surface area contributed by atoms with Crippen LogP contribution >= 0.6 is 11.3 Å². The summed E-state index contributed by atoms with van der Waals surface area (Å²) in [4.78, 5) is 31.8. The smallest absolute Gasteiger partial charge is 0.328 e. The summed E-state index contributed by atoms with van der Waals surface area (Å²) in [6.45, 7) is 0.644. The third-order valence-electron chi connectivity index (χ3n) is 5.18. The molecular formula is C22H23N3O3S. The molecule has 1 saturated heterocycles. The van der Waals surface area contributed by atoms with E-state index >= 15 is 0 Å². The minimum absolute atomic E-state index is 0.0672. The number of hydrogen-bond acceptors (Lipinski definition) is 5. The topological polar surface area (TPSA) is 71.5 Å². The second-order valence-electron chi connectivity index (χ2n) is 7.09. The van der Waals surface area contributed by atoms with E-state index in [9.17, 15) is 9.59 Å². The number of likely N-dealkylation sites (tertiary alicyclic amines) is 1. The zero-order valence-corrected chi connectivity index (χ0v) is 17.0. The summed E-state index contributed by atoms with van der Waals surface area (Å²) in [5, 5.41) is 3.82. The summed E-state index contributed by atoms with van der Waals surface area (Å²) in [6.07, 6.45) is 2.17. The Balaban J connectivity index is 1.51. The van der Waals surface area contributed by atoms with Gasteiger partial charge in [-0.2, -0.15) is 0 Å². The minimum Gasteiger partial charge on any atom is -0.467 e. The van der Waals surface area contributed by atoms with E-state index in [1.807, 2.05) is 54.6 Å². The standard InChI is InChI=1S/C22H23N3O3S/c1-28-21(26)17(14-15-8-3-2-4-9-15)24-22(27)25-13-7-11-18(25)20-23-16-10-5-6-12-19(16)29-20/h2-6,8-10,12,17-18H,7,11,13-14H2,1H3,(H,24,27)/t17-,18?/m1/s1. The van der Waals surface area contributed by atoms with Crippen LogP contribution in [0.25, 0.3) is 10.2 Å². The second-order valence-corrected chi connectivity index (χ2v) is 8.15. The fourth-order valence-corrected chi connectivity index (χ4v) is 4.83. The van der Waals surface area contributed by atoms with Crippen LogP contribution in [0.2, 0.25) is 0 Å². The van der Waals surface area contributed by atoms with Crippen LogP contribution in [0.15, 0.2) is 54.6 Å². The van der Waals surface area contributed by atoms with Gasteiger partial charge in [-0.15, -0.1) is 11.3 Å². The maximum Gasteiger partial charge on any atom is 0.328 e. The number of aromatic nitrogens is 1.